The van der Waals surface area contributed by atoms with Crippen LogP contribution in [0, 0.1) is 0 Å². The average Bonchev–Trinajstić information content (AvgIpc) is 3.25. The zero-order valence-electron chi connectivity index (χ0n) is 14.6. The van der Waals surface area contributed by atoms with Crippen LogP contribution < -0.4 is 11.1 Å². The van der Waals surface area contributed by atoms with Gasteiger partial charge in [-0.2, -0.15) is 0 Å². The molecule has 156 valence electrons. The number of nitrogens with zero attached hydrogens (tertiary/aromatic N) is 1. The summed E-state index contributed by atoms with van der Waals surface area (Å²) < 4.78 is 4.32. The van der Waals surface area contributed by atoms with Crippen LogP contribution >= 0.6 is 0 Å². The Labute approximate surface area is 158 Å². The minimum absolute atomic E-state index is 0.115. The third-order valence-corrected chi connectivity index (χ3v) is 3.45. The highest BCUT2D eigenvalue weighted by Crippen LogP contribution is 2.20. The molecule has 13 nitrogen and oxygen atoms in total. The standard InChI is InChI=1S/C9H14N4O3.C6H8O6/c10-2-1-8(14)13-7(9(15)16)3-6-4-11-5-12-6;7-1-2(8)5-3(9)4(10)6(11)12-5/h4-5,7H,1-3,10H2,(H,11,12)(H,13,14)(H,15,16);2,5,7-10H,1H2/t;2-,5+/m.0/s1. The van der Waals surface area contributed by atoms with Gasteiger partial charge in [-0.25, -0.2) is 14.6 Å². The quantitative estimate of drug-likeness (QED) is 0.211. The van der Waals surface area contributed by atoms with Gasteiger partial charge in [0.25, 0.3) is 0 Å². The van der Waals surface area contributed by atoms with E-state index in [9.17, 15) is 14.4 Å². The molecular weight excluding hydrogens is 380 g/mol. The van der Waals surface area contributed by atoms with Gasteiger partial charge >= 0.3 is 11.9 Å². The summed E-state index contributed by atoms with van der Waals surface area (Å²) in [7, 11) is 0. The van der Waals surface area contributed by atoms with Gasteiger partial charge in [-0.1, -0.05) is 0 Å². The molecule has 2 heterocycles. The van der Waals surface area contributed by atoms with Crippen LogP contribution in [0.1, 0.15) is 12.1 Å². The van der Waals surface area contributed by atoms with Crippen LogP contribution in [0.3, 0.4) is 0 Å². The summed E-state index contributed by atoms with van der Waals surface area (Å²) in [5.41, 5.74) is 5.78. The molecule has 0 saturated heterocycles. The molecule has 9 N–H and O–H groups in total. The van der Waals surface area contributed by atoms with E-state index in [1.54, 1.807) is 6.20 Å². The summed E-state index contributed by atoms with van der Waals surface area (Å²) in [6, 6.07) is -0.970. The number of rotatable bonds is 8. The minimum Gasteiger partial charge on any atom is -0.505 e. The molecule has 0 spiro atoms. The first kappa shape index (κ1) is 22.9. The summed E-state index contributed by atoms with van der Waals surface area (Å²) in [6.07, 6.45) is 0.529. The fourth-order valence-corrected chi connectivity index (χ4v) is 2.03. The lowest BCUT2D eigenvalue weighted by Crippen LogP contribution is -2.42. The highest BCUT2D eigenvalue weighted by atomic mass is 16.6. The van der Waals surface area contributed by atoms with E-state index >= 15 is 0 Å². The average molecular weight is 402 g/mol. The summed E-state index contributed by atoms with van der Waals surface area (Å²) in [5, 5.41) is 46.3. The van der Waals surface area contributed by atoms with Gasteiger partial charge in [-0.3, -0.25) is 4.79 Å². The molecule has 1 aromatic rings. The Hall–Kier alpha value is -3.16. The number of hydrogen-bond donors (Lipinski definition) is 8. The molecule has 0 aromatic carbocycles. The van der Waals surface area contributed by atoms with E-state index < -0.39 is 48.3 Å². The van der Waals surface area contributed by atoms with E-state index in [0.717, 1.165) is 0 Å². The van der Waals surface area contributed by atoms with Crippen molar-refractivity contribution in [3.8, 4) is 0 Å². The van der Waals surface area contributed by atoms with Crippen molar-refractivity contribution in [2.75, 3.05) is 13.2 Å². The van der Waals surface area contributed by atoms with Gasteiger partial charge in [0.15, 0.2) is 11.9 Å². The van der Waals surface area contributed by atoms with Gasteiger partial charge in [-0.05, 0) is 0 Å². The summed E-state index contributed by atoms with van der Waals surface area (Å²) in [5.74, 6) is -4.24. The molecule has 1 amide bonds. The number of aliphatic hydroxyl groups excluding tert-OH is 4. The second-order valence-electron chi connectivity index (χ2n) is 5.57. The third-order valence-electron chi connectivity index (χ3n) is 3.45. The van der Waals surface area contributed by atoms with Crippen LogP contribution in [-0.4, -0.2) is 84.7 Å². The van der Waals surface area contributed by atoms with E-state index in [1.165, 1.54) is 6.33 Å². The number of imidazole rings is 1. The molecular formula is C15H22N4O9. The third kappa shape index (κ3) is 6.53. The number of amides is 1. The lowest BCUT2D eigenvalue weighted by molar-refractivity contribution is -0.147. The molecule has 0 fully saturated rings. The van der Waals surface area contributed by atoms with E-state index in [4.69, 9.17) is 31.3 Å². The van der Waals surface area contributed by atoms with Crippen molar-refractivity contribution in [2.45, 2.75) is 31.1 Å². The first-order chi connectivity index (χ1) is 13.2. The van der Waals surface area contributed by atoms with Crippen molar-refractivity contribution < 1.29 is 44.7 Å². The number of esters is 1. The molecule has 0 radical (unpaired) electrons. The predicted molar refractivity (Wildman–Crippen MR) is 90.8 cm³/mol. The molecule has 1 aliphatic heterocycles. The molecule has 1 unspecified atom stereocenters. The summed E-state index contributed by atoms with van der Waals surface area (Å²) in [4.78, 5) is 39.2. The molecule has 0 aliphatic carbocycles. The number of carboxylic acids is 1. The molecule has 0 bridgehead atoms. The van der Waals surface area contributed by atoms with Gasteiger partial charge in [0.1, 0.15) is 12.1 Å². The highest BCUT2D eigenvalue weighted by molar-refractivity contribution is 5.89. The van der Waals surface area contributed by atoms with Crippen LogP contribution in [-0.2, 0) is 25.5 Å². The Morgan fingerprint density at radius 1 is 1.39 bits per heavy atom. The number of cyclic esters (lactones) is 1. The number of aromatic amines is 1. The van der Waals surface area contributed by atoms with Crippen LogP contribution in [0.4, 0.5) is 0 Å². The number of aliphatic carboxylic acids is 1. The molecule has 3 atom stereocenters. The molecule has 2 rings (SSSR count). The molecule has 1 aromatic heterocycles. The SMILES string of the molecule is NCCC(=O)NC(Cc1c[nH]cn1)C(=O)O.O=C1O[C@H]([C@@H](O)CO)C(O)=C1O. The number of aromatic nitrogens is 2. The summed E-state index contributed by atoms with van der Waals surface area (Å²) in [6.45, 7) is -0.476. The number of hydrogen-bond acceptors (Lipinski definition) is 10. The zero-order chi connectivity index (χ0) is 21.3. The van der Waals surface area contributed by atoms with Crippen molar-refractivity contribution in [1.29, 1.82) is 0 Å². The van der Waals surface area contributed by atoms with Crippen molar-refractivity contribution in [3.63, 3.8) is 0 Å². The van der Waals surface area contributed by atoms with Gasteiger partial charge < -0.3 is 46.3 Å². The summed E-state index contributed by atoms with van der Waals surface area (Å²) >= 11 is 0. The fourth-order valence-electron chi connectivity index (χ4n) is 2.03. The second kappa shape index (κ2) is 10.9. The monoisotopic (exact) mass is 402 g/mol. The maximum Gasteiger partial charge on any atom is 0.377 e. The molecule has 13 heteroatoms. The Balaban J connectivity index is 0.000000292. The van der Waals surface area contributed by atoms with Crippen LogP contribution in [0.5, 0.6) is 0 Å². The first-order valence-corrected chi connectivity index (χ1v) is 8.03. The number of aliphatic hydroxyl groups is 4. The van der Waals surface area contributed by atoms with Gasteiger partial charge in [0.05, 0.1) is 18.6 Å². The fraction of sp³-hybridized carbons (Fsp3) is 0.467. The minimum atomic E-state index is -1.42. The Bertz CT molecular complexity index is 704. The molecule has 1 aliphatic rings. The number of nitrogens with one attached hydrogen (secondary N) is 2. The number of nitrogens with two attached hydrogens (primary N) is 1. The number of H-pyrrole nitrogens is 1. The maximum absolute atomic E-state index is 11.2. The van der Waals surface area contributed by atoms with E-state index in [-0.39, 0.29) is 25.3 Å². The van der Waals surface area contributed by atoms with Crippen LogP contribution in [0.25, 0.3) is 0 Å². The lowest BCUT2D eigenvalue weighted by Gasteiger charge is -2.13. The first-order valence-electron chi connectivity index (χ1n) is 8.03. The Morgan fingerprint density at radius 3 is 2.50 bits per heavy atom. The highest BCUT2D eigenvalue weighted by Gasteiger charge is 2.38. The largest absolute Gasteiger partial charge is 0.505 e. The molecule has 28 heavy (non-hydrogen) atoms. The van der Waals surface area contributed by atoms with E-state index in [1.807, 2.05) is 0 Å². The lowest BCUT2D eigenvalue weighted by atomic mass is 10.1. The van der Waals surface area contributed by atoms with Gasteiger partial charge in [0, 0.05) is 25.6 Å². The normalized spacial score (nSPS) is 18.0. The van der Waals surface area contributed by atoms with Gasteiger partial charge in [0.2, 0.25) is 11.7 Å². The smallest absolute Gasteiger partial charge is 0.377 e. The number of carboxylic acid groups (broad SMARTS) is 1. The molecule has 0 saturated carbocycles. The van der Waals surface area contributed by atoms with Gasteiger partial charge in [-0.15, -0.1) is 0 Å². The predicted octanol–water partition coefficient (Wildman–Crippen LogP) is -2.54. The van der Waals surface area contributed by atoms with Crippen molar-refractivity contribution in [3.05, 3.63) is 29.7 Å². The van der Waals surface area contributed by atoms with Crippen LogP contribution in [0.15, 0.2) is 24.0 Å². The Morgan fingerprint density at radius 2 is 2.07 bits per heavy atom. The van der Waals surface area contributed by atoms with E-state index in [2.05, 4.69) is 20.0 Å². The number of ether oxygens (including phenoxy) is 1. The zero-order valence-corrected chi connectivity index (χ0v) is 14.6. The number of carbonyl (C=O) groups excluding carboxylic acids is 2. The second-order valence-corrected chi connectivity index (χ2v) is 5.57. The van der Waals surface area contributed by atoms with E-state index in [0.29, 0.717) is 5.69 Å². The maximum atomic E-state index is 11.2. The Kier molecular flexibility index (Phi) is 8.87. The van der Waals surface area contributed by atoms with Crippen molar-refractivity contribution in [2.24, 2.45) is 5.73 Å². The number of carbonyl (C=O) groups is 3. The van der Waals surface area contributed by atoms with Crippen molar-refractivity contribution in [1.82, 2.24) is 15.3 Å². The topological polar surface area (TPSA) is 228 Å². The van der Waals surface area contributed by atoms with Crippen LogP contribution in [0.2, 0.25) is 0 Å². The van der Waals surface area contributed by atoms with Crippen molar-refractivity contribution >= 4 is 17.8 Å².